The SMILES string of the molecule is CC1(C)CC(Nc2cccc(F)c2)CCO1. The number of nitrogens with one attached hydrogen (secondary N) is 1. The molecular weight excluding hydrogens is 205 g/mol. The second kappa shape index (κ2) is 4.42. The lowest BCUT2D eigenvalue weighted by Gasteiger charge is -2.36. The number of rotatable bonds is 2. The molecule has 0 bridgehead atoms. The second-order valence-electron chi connectivity index (χ2n) is 4.95. The molecule has 0 aromatic heterocycles. The van der Waals surface area contributed by atoms with Crippen molar-refractivity contribution < 1.29 is 9.13 Å². The highest BCUT2D eigenvalue weighted by molar-refractivity contribution is 5.44. The minimum atomic E-state index is -0.198. The Morgan fingerprint density at radius 1 is 1.44 bits per heavy atom. The molecule has 1 aliphatic heterocycles. The smallest absolute Gasteiger partial charge is 0.125 e. The van der Waals surface area contributed by atoms with Crippen molar-refractivity contribution in [3.8, 4) is 0 Å². The van der Waals surface area contributed by atoms with E-state index in [1.54, 1.807) is 6.07 Å². The van der Waals surface area contributed by atoms with Gasteiger partial charge in [0.05, 0.1) is 5.60 Å². The Bertz CT molecular complexity index is 365. The van der Waals surface area contributed by atoms with Crippen LogP contribution in [0, 0.1) is 5.82 Å². The lowest BCUT2D eigenvalue weighted by molar-refractivity contribution is -0.0553. The van der Waals surface area contributed by atoms with Crippen LogP contribution < -0.4 is 5.32 Å². The van der Waals surface area contributed by atoms with E-state index in [9.17, 15) is 4.39 Å². The monoisotopic (exact) mass is 223 g/mol. The maximum Gasteiger partial charge on any atom is 0.125 e. The fourth-order valence-corrected chi connectivity index (χ4v) is 2.17. The Morgan fingerprint density at radius 3 is 2.94 bits per heavy atom. The Labute approximate surface area is 95.8 Å². The van der Waals surface area contributed by atoms with E-state index in [1.165, 1.54) is 12.1 Å². The second-order valence-corrected chi connectivity index (χ2v) is 4.95. The van der Waals surface area contributed by atoms with E-state index in [0.717, 1.165) is 25.1 Å². The minimum absolute atomic E-state index is 0.0801. The minimum Gasteiger partial charge on any atom is -0.382 e. The first kappa shape index (κ1) is 11.4. The number of hydrogen-bond acceptors (Lipinski definition) is 2. The summed E-state index contributed by atoms with van der Waals surface area (Å²) in [7, 11) is 0. The topological polar surface area (TPSA) is 21.3 Å². The maximum atomic E-state index is 13.0. The molecule has 1 aliphatic rings. The average Bonchev–Trinajstić information content (AvgIpc) is 2.15. The Balaban J connectivity index is 1.99. The summed E-state index contributed by atoms with van der Waals surface area (Å²) in [5.74, 6) is -0.198. The molecule has 88 valence electrons. The Kier molecular flexibility index (Phi) is 3.15. The van der Waals surface area contributed by atoms with Gasteiger partial charge in [0.15, 0.2) is 0 Å². The molecule has 1 heterocycles. The molecule has 1 fully saturated rings. The van der Waals surface area contributed by atoms with Crippen LogP contribution in [-0.2, 0) is 4.74 Å². The number of hydrogen-bond donors (Lipinski definition) is 1. The molecule has 1 aromatic rings. The van der Waals surface area contributed by atoms with Gasteiger partial charge in [-0.2, -0.15) is 0 Å². The Morgan fingerprint density at radius 2 is 2.25 bits per heavy atom. The quantitative estimate of drug-likeness (QED) is 0.831. The maximum absolute atomic E-state index is 13.0. The van der Waals surface area contributed by atoms with E-state index in [-0.39, 0.29) is 11.4 Å². The van der Waals surface area contributed by atoms with E-state index in [1.807, 2.05) is 6.07 Å². The van der Waals surface area contributed by atoms with Crippen molar-refractivity contribution in [2.24, 2.45) is 0 Å². The molecule has 2 rings (SSSR count). The number of ether oxygens (including phenoxy) is 1. The summed E-state index contributed by atoms with van der Waals surface area (Å²) in [6.45, 7) is 4.94. The molecule has 1 atom stereocenters. The highest BCUT2D eigenvalue weighted by atomic mass is 19.1. The zero-order chi connectivity index (χ0) is 11.6. The summed E-state index contributed by atoms with van der Waals surface area (Å²) in [5.41, 5.74) is 0.770. The number of benzene rings is 1. The van der Waals surface area contributed by atoms with Crippen LogP contribution in [-0.4, -0.2) is 18.2 Å². The molecule has 1 unspecified atom stereocenters. The summed E-state index contributed by atoms with van der Waals surface area (Å²) in [6.07, 6.45) is 1.92. The van der Waals surface area contributed by atoms with Crippen LogP contribution in [0.2, 0.25) is 0 Å². The predicted octanol–water partition coefficient (Wildman–Crippen LogP) is 3.20. The third kappa shape index (κ3) is 2.95. The van der Waals surface area contributed by atoms with Crippen LogP contribution in [0.3, 0.4) is 0 Å². The predicted molar refractivity (Wildman–Crippen MR) is 63.1 cm³/mol. The fraction of sp³-hybridized carbons (Fsp3) is 0.538. The van der Waals surface area contributed by atoms with Gasteiger partial charge < -0.3 is 10.1 Å². The third-order valence-electron chi connectivity index (χ3n) is 2.89. The van der Waals surface area contributed by atoms with Crippen LogP contribution in [0.4, 0.5) is 10.1 Å². The zero-order valence-electron chi connectivity index (χ0n) is 9.79. The van der Waals surface area contributed by atoms with E-state index < -0.39 is 0 Å². The molecule has 0 aliphatic carbocycles. The summed E-state index contributed by atoms with van der Waals surface area (Å²) >= 11 is 0. The van der Waals surface area contributed by atoms with Crippen molar-refractivity contribution in [3.63, 3.8) is 0 Å². The molecule has 0 spiro atoms. The van der Waals surface area contributed by atoms with Crippen LogP contribution in [0.15, 0.2) is 24.3 Å². The standard InChI is InChI=1S/C13H18FNO/c1-13(2)9-12(6-7-16-13)15-11-5-3-4-10(14)8-11/h3-5,8,12,15H,6-7,9H2,1-2H3. The fourth-order valence-electron chi connectivity index (χ4n) is 2.17. The van der Waals surface area contributed by atoms with Crippen molar-refractivity contribution in [2.45, 2.75) is 38.3 Å². The van der Waals surface area contributed by atoms with Gasteiger partial charge in [0, 0.05) is 18.3 Å². The summed E-state index contributed by atoms with van der Waals surface area (Å²) < 4.78 is 18.7. The zero-order valence-corrected chi connectivity index (χ0v) is 9.79. The van der Waals surface area contributed by atoms with Gasteiger partial charge in [-0.25, -0.2) is 4.39 Å². The van der Waals surface area contributed by atoms with Crippen LogP contribution >= 0.6 is 0 Å². The van der Waals surface area contributed by atoms with Crippen molar-refractivity contribution in [3.05, 3.63) is 30.1 Å². The van der Waals surface area contributed by atoms with Gasteiger partial charge in [0.25, 0.3) is 0 Å². The molecular formula is C13H18FNO. The highest BCUT2D eigenvalue weighted by Crippen LogP contribution is 2.26. The van der Waals surface area contributed by atoms with Gasteiger partial charge in [-0.05, 0) is 44.9 Å². The number of anilines is 1. The van der Waals surface area contributed by atoms with Gasteiger partial charge in [-0.15, -0.1) is 0 Å². The molecule has 0 amide bonds. The van der Waals surface area contributed by atoms with Gasteiger partial charge in [-0.1, -0.05) is 6.07 Å². The van der Waals surface area contributed by atoms with Crippen molar-refractivity contribution in [1.82, 2.24) is 0 Å². The lowest BCUT2D eigenvalue weighted by atomic mass is 9.94. The van der Waals surface area contributed by atoms with Crippen LogP contribution in [0.1, 0.15) is 26.7 Å². The first-order chi connectivity index (χ1) is 7.55. The van der Waals surface area contributed by atoms with E-state index >= 15 is 0 Å². The first-order valence-electron chi connectivity index (χ1n) is 5.71. The third-order valence-corrected chi connectivity index (χ3v) is 2.89. The van der Waals surface area contributed by atoms with Crippen LogP contribution in [0.5, 0.6) is 0 Å². The van der Waals surface area contributed by atoms with E-state index in [2.05, 4.69) is 19.2 Å². The van der Waals surface area contributed by atoms with E-state index in [0.29, 0.717) is 6.04 Å². The molecule has 0 radical (unpaired) electrons. The van der Waals surface area contributed by atoms with Crippen molar-refractivity contribution in [1.29, 1.82) is 0 Å². The molecule has 16 heavy (non-hydrogen) atoms. The van der Waals surface area contributed by atoms with Gasteiger partial charge in [0.1, 0.15) is 5.82 Å². The summed E-state index contributed by atoms with van der Waals surface area (Å²) in [5, 5.41) is 3.36. The number of halogens is 1. The highest BCUT2D eigenvalue weighted by Gasteiger charge is 2.28. The van der Waals surface area contributed by atoms with Gasteiger partial charge >= 0.3 is 0 Å². The largest absolute Gasteiger partial charge is 0.382 e. The normalized spacial score (nSPS) is 24.1. The molecule has 1 aromatic carbocycles. The Hall–Kier alpha value is -1.09. The average molecular weight is 223 g/mol. The van der Waals surface area contributed by atoms with Gasteiger partial charge in [0.2, 0.25) is 0 Å². The van der Waals surface area contributed by atoms with Gasteiger partial charge in [-0.3, -0.25) is 0 Å². The molecule has 2 nitrogen and oxygen atoms in total. The summed E-state index contributed by atoms with van der Waals surface area (Å²) in [4.78, 5) is 0. The lowest BCUT2D eigenvalue weighted by Crippen LogP contribution is -2.40. The molecule has 3 heteroatoms. The summed E-state index contributed by atoms with van der Waals surface area (Å²) in [6, 6.07) is 6.97. The molecule has 1 saturated heterocycles. The van der Waals surface area contributed by atoms with Crippen molar-refractivity contribution in [2.75, 3.05) is 11.9 Å². The van der Waals surface area contributed by atoms with Crippen molar-refractivity contribution >= 4 is 5.69 Å². The first-order valence-corrected chi connectivity index (χ1v) is 5.71. The van der Waals surface area contributed by atoms with E-state index in [4.69, 9.17) is 4.74 Å². The molecule has 1 N–H and O–H groups in total. The van der Waals surface area contributed by atoms with Crippen LogP contribution in [0.25, 0.3) is 0 Å². The molecule has 0 saturated carbocycles.